The molecule has 0 fully saturated rings. The molecular formula is C22H23ClN8O2S. The van der Waals surface area contributed by atoms with Crippen molar-refractivity contribution in [1.82, 2.24) is 26.7 Å². The van der Waals surface area contributed by atoms with Crippen LogP contribution in [-0.2, 0) is 17.6 Å². The van der Waals surface area contributed by atoms with E-state index in [2.05, 4.69) is 31.8 Å². The summed E-state index contributed by atoms with van der Waals surface area (Å²) in [5.41, 5.74) is 14.0. The summed E-state index contributed by atoms with van der Waals surface area (Å²) in [5, 5.41) is 13.8. The van der Waals surface area contributed by atoms with Crippen LogP contribution in [0.15, 0.2) is 59.0 Å². The fourth-order valence-corrected chi connectivity index (χ4v) is 4.17. The van der Waals surface area contributed by atoms with Crippen LogP contribution in [0.5, 0.6) is 0 Å². The number of benzene rings is 2. The van der Waals surface area contributed by atoms with Crippen LogP contribution < -0.4 is 32.4 Å². The molecule has 0 saturated carbocycles. The third-order valence-corrected chi connectivity index (χ3v) is 5.97. The summed E-state index contributed by atoms with van der Waals surface area (Å²) in [6, 6.07) is 14.2. The predicted octanol–water partition coefficient (Wildman–Crippen LogP) is 1.85. The van der Waals surface area contributed by atoms with Gasteiger partial charge in [-0.05, 0) is 35.7 Å². The minimum absolute atomic E-state index is 0.185. The molecule has 2 amide bonds. The van der Waals surface area contributed by atoms with Gasteiger partial charge in [-0.1, -0.05) is 41.9 Å². The maximum atomic E-state index is 13.1. The average molecular weight is 499 g/mol. The molecule has 2 aromatic carbocycles. The largest absolute Gasteiger partial charge is 0.375 e. The fourth-order valence-electron chi connectivity index (χ4n) is 3.44. The van der Waals surface area contributed by atoms with E-state index in [-0.39, 0.29) is 11.6 Å². The number of halogens is 1. The highest BCUT2D eigenvalue weighted by molar-refractivity contribution is 7.13. The van der Waals surface area contributed by atoms with Gasteiger partial charge in [-0.25, -0.2) is 15.5 Å². The smallest absolute Gasteiger partial charge is 0.271 e. The molecule has 4 rings (SSSR count). The molecule has 12 heteroatoms. The highest BCUT2D eigenvalue weighted by Gasteiger charge is 2.23. The van der Waals surface area contributed by atoms with E-state index in [1.807, 2.05) is 42.5 Å². The Hall–Kier alpha value is -3.67. The summed E-state index contributed by atoms with van der Waals surface area (Å²) in [5.74, 6) is -0.750. The van der Waals surface area contributed by atoms with Gasteiger partial charge in [-0.3, -0.25) is 9.59 Å². The lowest BCUT2D eigenvalue weighted by Crippen LogP contribution is -2.48. The predicted molar refractivity (Wildman–Crippen MR) is 133 cm³/mol. The molecule has 3 aromatic rings. The van der Waals surface area contributed by atoms with Crippen LogP contribution in [0.1, 0.15) is 21.6 Å². The number of aromatic nitrogens is 1. The summed E-state index contributed by atoms with van der Waals surface area (Å²) in [4.78, 5) is 29.7. The Morgan fingerprint density at radius 1 is 1.21 bits per heavy atom. The van der Waals surface area contributed by atoms with E-state index in [9.17, 15) is 9.59 Å². The fraction of sp³-hybridized carbons (Fsp3) is 0.182. The SMILES string of the molecule is Nc1nc(C(=O)N[C@@H](Cc2ccccc2)C(=O)NCCc2cc(Cl)ccc2N2C=NNN2)cs1. The first-order chi connectivity index (χ1) is 16.5. The van der Waals surface area contributed by atoms with Gasteiger partial charge in [0.1, 0.15) is 18.1 Å². The first-order valence-corrected chi connectivity index (χ1v) is 11.7. The quantitative estimate of drug-likeness (QED) is 0.303. The Labute approximate surface area is 205 Å². The molecule has 1 aliphatic heterocycles. The number of rotatable bonds is 9. The molecule has 1 aliphatic rings. The van der Waals surface area contributed by atoms with E-state index in [1.165, 1.54) is 11.3 Å². The zero-order chi connectivity index (χ0) is 23.9. The van der Waals surface area contributed by atoms with E-state index in [1.54, 1.807) is 22.8 Å². The second-order valence-electron chi connectivity index (χ2n) is 7.44. The minimum atomic E-state index is -0.784. The van der Waals surface area contributed by atoms with Gasteiger partial charge < -0.3 is 16.4 Å². The lowest BCUT2D eigenvalue weighted by Gasteiger charge is -2.20. The first-order valence-electron chi connectivity index (χ1n) is 10.4. The molecule has 0 bridgehead atoms. The van der Waals surface area contributed by atoms with Crippen molar-refractivity contribution in [2.24, 2.45) is 5.10 Å². The van der Waals surface area contributed by atoms with Crippen molar-refractivity contribution in [2.45, 2.75) is 18.9 Å². The second kappa shape index (κ2) is 11.0. The number of nitrogen functional groups attached to an aromatic ring is 1. The van der Waals surface area contributed by atoms with E-state index in [0.29, 0.717) is 29.5 Å². The Kier molecular flexibility index (Phi) is 7.58. The number of hydrazine groups is 2. The molecular weight excluding hydrogens is 476 g/mol. The molecule has 2 heterocycles. The monoisotopic (exact) mass is 498 g/mol. The van der Waals surface area contributed by atoms with Gasteiger partial charge in [0.15, 0.2) is 5.13 Å². The zero-order valence-electron chi connectivity index (χ0n) is 18.0. The van der Waals surface area contributed by atoms with Crippen LogP contribution in [0.3, 0.4) is 0 Å². The number of anilines is 2. The third kappa shape index (κ3) is 6.01. The molecule has 176 valence electrons. The average Bonchev–Trinajstić information content (AvgIpc) is 3.51. The normalized spacial score (nSPS) is 13.4. The minimum Gasteiger partial charge on any atom is -0.375 e. The Bertz CT molecular complexity index is 1190. The number of hydrazone groups is 1. The van der Waals surface area contributed by atoms with Crippen molar-refractivity contribution >= 4 is 51.9 Å². The van der Waals surface area contributed by atoms with Crippen LogP contribution in [0.2, 0.25) is 5.02 Å². The Balaban J connectivity index is 1.42. The Morgan fingerprint density at radius 2 is 2.03 bits per heavy atom. The van der Waals surface area contributed by atoms with Crippen molar-refractivity contribution in [3.63, 3.8) is 0 Å². The van der Waals surface area contributed by atoms with Gasteiger partial charge in [-0.2, -0.15) is 5.10 Å². The maximum absolute atomic E-state index is 13.1. The number of nitrogens with two attached hydrogens (primary N) is 1. The highest BCUT2D eigenvalue weighted by Crippen LogP contribution is 2.23. The molecule has 0 unspecified atom stereocenters. The lowest BCUT2D eigenvalue weighted by molar-refractivity contribution is -0.122. The van der Waals surface area contributed by atoms with Gasteiger partial charge in [-0.15, -0.1) is 16.9 Å². The van der Waals surface area contributed by atoms with Crippen molar-refractivity contribution < 1.29 is 9.59 Å². The van der Waals surface area contributed by atoms with Crippen LogP contribution in [0.4, 0.5) is 10.8 Å². The number of carbonyl (C=O) groups is 2. The summed E-state index contributed by atoms with van der Waals surface area (Å²) in [6.07, 6.45) is 2.45. The Morgan fingerprint density at radius 3 is 2.74 bits per heavy atom. The number of hydrogen-bond donors (Lipinski definition) is 5. The van der Waals surface area contributed by atoms with Gasteiger partial charge in [0.2, 0.25) is 5.91 Å². The number of amides is 2. The lowest BCUT2D eigenvalue weighted by atomic mass is 10.0. The number of hydrogen-bond acceptors (Lipinski definition) is 9. The van der Waals surface area contributed by atoms with Crippen LogP contribution >= 0.6 is 22.9 Å². The summed E-state index contributed by atoms with van der Waals surface area (Å²) in [7, 11) is 0. The number of nitrogens with one attached hydrogen (secondary N) is 4. The van der Waals surface area contributed by atoms with Gasteiger partial charge in [0, 0.05) is 23.4 Å². The number of carbonyl (C=O) groups excluding carboxylic acids is 2. The topological polar surface area (TPSA) is 137 Å². The maximum Gasteiger partial charge on any atom is 0.271 e. The molecule has 10 nitrogen and oxygen atoms in total. The van der Waals surface area contributed by atoms with Crippen LogP contribution in [-0.4, -0.2) is 35.7 Å². The summed E-state index contributed by atoms with van der Waals surface area (Å²) >= 11 is 7.35. The van der Waals surface area contributed by atoms with E-state index in [4.69, 9.17) is 17.3 Å². The third-order valence-electron chi connectivity index (χ3n) is 5.06. The molecule has 0 radical (unpaired) electrons. The standard InChI is InChI=1S/C22H23ClN8O2S/c23-16-6-7-19(31-13-26-29-30-31)15(11-16)8-9-25-20(32)17(10-14-4-2-1-3-5-14)27-21(33)18-12-34-22(24)28-18/h1-7,11-13,17,29-30H,8-10H2,(H2,24,28)(H,25,32)(H,27,33)/t17-/m0/s1. The molecule has 34 heavy (non-hydrogen) atoms. The van der Waals surface area contributed by atoms with E-state index < -0.39 is 11.9 Å². The zero-order valence-corrected chi connectivity index (χ0v) is 19.6. The van der Waals surface area contributed by atoms with Crippen molar-refractivity contribution in [3.05, 3.63) is 75.8 Å². The molecule has 0 aliphatic carbocycles. The molecule has 1 atom stereocenters. The van der Waals surface area contributed by atoms with E-state index >= 15 is 0 Å². The van der Waals surface area contributed by atoms with E-state index in [0.717, 1.165) is 16.8 Å². The molecule has 0 spiro atoms. The highest BCUT2D eigenvalue weighted by atomic mass is 35.5. The van der Waals surface area contributed by atoms with Crippen LogP contribution in [0.25, 0.3) is 0 Å². The second-order valence-corrected chi connectivity index (χ2v) is 8.77. The summed E-state index contributed by atoms with van der Waals surface area (Å²) < 4.78 is 0. The van der Waals surface area contributed by atoms with Crippen molar-refractivity contribution in [3.8, 4) is 0 Å². The molecule has 6 N–H and O–H groups in total. The van der Waals surface area contributed by atoms with Crippen molar-refractivity contribution in [2.75, 3.05) is 17.3 Å². The summed E-state index contributed by atoms with van der Waals surface area (Å²) in [6.45, 7) is 0.343. The first kappa shape index (κ1) is 23.5. The van der Waals surface area contributed by atoms with Gasteiger partial charge in [0.05, 0.1) is 5.69 Å². The molecule has 1 aromatic heterocycles. The van der Waals surface area contributed by atoms with Crippen LogP contribution in [0, 0.1) is 0 Å². The molecule has 0 saturated heterocycles. The number of thiazole rings is 1. The van der Waals surface area contributed by atoms with Gasteiger partial charge in [0.25, 0.3) is 5.91 Å². The van der Waals surface area contributed by atoms with Gasteiger partial charge >= 0.3 is 0 Å². The van der Waals surface area contributed by atoms with Crippen molar-refractivity contribution in [1.29, 1.82) is 0 Å². The number of nitrogens with zero attached hydrogens (tertiary/aromatic N) is 3.